The molecule has 1 aliphatic rings. The molecule has 0 bridgehead atoms. The number of primary amides is 1. The van der Waals surface area contributed by atoms with Crippen molar-refractivity contribution in [2.24, 2.45) is 5.73 Å². The van der Waals surface area contributed by atoms with E-state index in [-0.39, 0.29) is 12.2 Å². The van der Waals surface area contributed by atoms with Gasteiger partial charge in [-0.15, -0.1) is 0 Å². The molecular weight excluding hydrogens is 374 g/mol. The quantitative estimate of drug-likeness (QED) is 0.426. The number of hydrogen-bond donors (Lipinski definition) is 5. The number of carbonyl (C=O) groups excluding carboxylic acids is 1. The Kier molecular flexibility index (Phi) is 5.98. The van der Waals surface area contributed by atoms with Crippen molar-refractivity contribution in [1.29, 1.82) is 0 Å². The summed E-state index contributed by atoms with van der Waals surface area (Å²) in [6.45, 7) is 0.876. The van der Waals surface area contributed by atoms with Crippen molar-refractivity contribution < 1.29 is 19.7 Å². The van der Waals surface area contributed by atoms with Gasteiger partial charge in [0.1, 0.15) is 24.1 Å². The van der Waals surface area contributed by atoms with Gasteiger partial charge in [-0.25, -0.2) is 4.98 Å². The van der Waals surface area contributed by atoms with E-state index in [0.29, 0.717) is 23.8 Å². The number of aliphatic hydroxyl groups is 2. The molecule has 0 saturated carbocycles. The Morgan fingerprint density at radius 1 is 1.30 bits per heavy atom. The third-order valence-corrected chi connectivity index (χ3v) is 4.70. The molecule has 1 aromatic carbocycles. The summed E-state index contributed by atoms with van der Waals surface area (Å²) >= 11 is 5.86. The summed E-state index contributed by atoms with van der Waals surface area (Å²) in [6.07, 6.45) is -2.59. The fraction of sp³-hybridized carbons (Fsp3) is 0.412. The average Bonchev–Trinajstić information content (AvgIpc) is 3.11. The molecule has 4 atom stereocenters. The Morgan fingerprint density at radius 3 is 2.67 bits per heavy atom. The lowest BCUT2D eigenvalue weighted by molar-refractivity contribution is -0.117. The molecule has 146 valence electrons. The summed E-state index contributed by atoms with van der Waals surface area (Å²) in [4.78, 5) is 15.1. The number of amides is 1. The first-order valence-electron chi connectivity index (χ1n) is 8.43. The highest BCUT2D eigenvalue weighted by molar-refractivity contribution is 6.30. The van der Waals surface area contributed by atoms with Crippen molar-refractivity contribution in [2.75, 3.05) is 12.3 Å². The number of rotatable bonds is 7. The van der Waals surface area contributed by atoms with Crippen molar-refractivity contribution in [3.63, 3.8) is 0 Å². The zero-order valence-electron chi connectivity index (χ0n) is 14.5. The topological polar surface area (TPSA) is 149 Å². The largest absolute Gasteiger partial charge is 0.387 e. The van der Waals surface area contributed by atoms with Gasteiger partial charge in [-0.1, -0.05) is 23.7 Å². The van der Waals surface area contributed by atoms with Crippen molar-refractivity contribution in [2.45, 2.75) is 37.5 Å². The molecule has 0 aliphatic carbocycles. The van der Waals surface area contributed by atoms with Crippen molar-refractivity contribution >= 4 is 23.3 Å². The molecule has 1 fully saturated rings. The van der Waals surface area contributed by atoms with Gasteiger partial charge in [0.15, 0.2) is 6.23 Å². The molecule has 3 rings (SSSR count). The highest BCUT2D eigenvalue weighted by Gasteiger charge is 2.44. The van der Waals surface area contributed by atoms with E-state index in [9.17, 15) is 15.0 Å². The number of carbonyl (C=O) groups is 1. The highest BCUT2D eigenvalue weighted by Crippen LogP contribution is 2.31. The van der Waals surface area contributed by atoms with Crippen molar-refractivity contribution in [1.82, 2.24) is 14.9 Å². The minimum atomic E-state index is -1.19. The molecule has 1 saturated heterocycles. The fourth-order valence-corrected chi connectivity index (χ4v) is 3.13. The molecule has 2 heterocycles. The average molecular weight is 396 g/mol. The number of hydrogen-bond acceptors (Lipinski definition) is 7. The number of aromatic nitrogens is 2. The maximum absolute atomic E-state index is 11.1. The Bertz CT molecular complexity index is 797. The maximum atomic E-state index is 11.1. The second kappa shape index (κ2) is 8.24. The van der Waals surface area contributed by atoms with Gasteiger partial charge in [-0.2, -0.15) is 0 Å². The third-order valence-electron chi connectivity index (χ3n) is 4.45. The summed E-state index contributed by atoms with van der Waals surface area (Å²) < 4.78 is 7.17. The van der Waals surface area contributed by atoms with Gasteiger partial charge >= 0.3 is 0 Å². The Morgan fingerprint density at radius 2 is 2.00 bits per heavy atom. The molecule has 1 amide bonds. The van der Waals surface area contributed by atoms with Crippen LogP contribution in [0.2, 0.25) is 5.02 Å². The number of benzene rings is 1. The van der Waals surface area contributed by atoms with Gasteiger partial charge in [0.25, 0.3) is 0 Å². The second-order valence-corrected chi connectivity index (χ2v) is 6.87. The molecule has 9 nitrogen and oxygen atoms in total. The number of nitrogens with one attached hydrogen (secondary N) is 1. The van der Waals surface area contributed by atoms with Gasteiger partial charge in [-0.05, 0) is 17.7 Å². The molecule has 1 aromatic heterocycles. The summed E-state index contributed by atoms with van der Waals surface area (Å²) in [5.41, 5.74) is 12.5. The summed E-state index contributed by atoms with van der Waals surface area (Å²) in [5, 5.41) is 24.5. The van der Waals surface area contributed by atoms with E-state index in [1.165, 1.54) is 10.9 Å². The first-order valence-corrected chi connectivity index (χ1v) is 8.81. The predicted octanol–water partition coefficient (Wildman–Crippen LogP) is -0.444. The van der Waals surface area contributed by atoms with E-state index in [4.69, 9.17) is 27.8 Å². The highest BCUT2D eigenvalue weighted by atomic mass is 35.5. The maximum Gasteiger partial charge on any atom is 0.223 e. The number of aliphatic hydroxyl groups excluding tert-OH is 2. The monoisotopic (exact) mass is 395 g/mol. The van der Waals surface area contributed by atoms with Crippen LogP contribution in [0.15, 0.2) is 30.6 Å². The van der Waals surface area contributed by atoms with Gasteiger partial charge in [-0.3, -0.25) is 9.36 Å². The predicted molar refractivity (Wildman–Crippen MR) is 98.6 cm³/mol. The Labute approximate surface area is 160 Å². The van der Waals surface area contributed by atoms with Gasteiger partial charge in [0, 0.05) is 18.1 Å². The van der Waals surface area contributed by atoms with Crippen LogP contribution in [0.1, 0.15) is 17.5 Å². The number of ether oxygens (including phenoxy) is 1. The van der Waals surface area contributed by atoms with Gasteiger partial charge in [0.2, 0.25) is 5.91 Å². The van der Waals surface area contributed by atoms with Gasteiger partial charge in [0.05, 0.1) is 18.4 Å². The normalized spacial score (nSPS) is 25.0. The SMILES string of the molecule is NC(=O)Cc1ncn([C@@H]2O[C@H](CNCc3ccc(Cl)cc3)[C@@H](O)[C@H]2O)c1N. The Hall–Kier alpha value is -2.17. The van der Waals surface area contributed by atoms with Crippen LogP contribution >= 0.6 is 11.6 Å². The molecular formula is C17H22ClN5O4. The van der Waals surface area contributed by atoms with E-state index >= 15 is 0 Å². The van der Waals surface area contributed by atoms with Crippen molar-refractivity contribution in [3.05, 3.63) is 46.9 Å². The first kappa shape index (κ1) is 19.6. The number of halogens is 1. The lowest BCUT2D eigenvalue weighted by Crippen LogP contribution is -2.37. The van der Waals surface area contributed by atoms with Crippen LogP contribution in [-0.4, -0.2) is 50.5 Å². The lowest BCUT2D eigenvalue weighted by atomic mass is 10.1. The number of nitrogens with two attached hydrogens (primary N) is 2. The molecule has 0 spiro atoms. The lowest BCUT2D eigenvalue weighted by Gasteiger charge is -2.17. The van der Waals surface area contributed by atoms with E-state index in [2.05, 4.69) is 10.3 Å². The molecule has 2 aromatic rings. The summed E-state index contributed by atoms with van der Waals surface area (Å²) in [6, 6.07) is 7.38. The van der Waals surface area contributed by atoms with Crippen LogP contribution < -0.4 is 16.8 Å². The van der Waals surface area contributed by atoms with Gasteiger partial charge < -0.3 is 31.7 Å². The van der Waals surface area contributed by atoms with E-state index < -0.39 is 30.4 Å². The molecule has 0 unspecified atom stereocenters. The van der Waals surface area contributed by atoms with Crippen LogP contribution in [-0.2, 0) is 22.5 Å². The van der Waals surface area contributed by atoms with E-state index in [1.54, 1.807) is 12.1 Å². The van der Waals surface area contributed by atoms with Crippen LogP contribution in [0.5, 0.6) is 0 Å². The fourth-order valence-electron chi connectivity index (χ4n) is 3.00. The zero-order valence-corrected chi connectivity index (χ0v) is 15.2. The van der Waals surface area contributed by atoms with Crippen LogP contribution in [0.4, 0.5) is 5.82 Å². The van der Waals surface area contributed by atoms with Crippen molar-refractivity contribution in [3.8, 4) is 0 Å². The van der Waals surface area contributed by atoms with E-state index in [0.717, 1.165) is 5.56 Å². The third kappa shape index (κ3) is 4.40. The standard InChI is InChI=1S/C17H22ClN5O4/c18-10-3-1-9(2-4-10)6-21-7-12-14(25)15(26)17(27-12)23-8-22-11(16(23)20)5-13(19)24/h1-4,8,12,14-15,17,21,25-26H,5-7,20H2,(H2,19,24)/t12-,14-,15-,17-/m1/s1. The minimum absolute atomic E-state index is 0.115. The number of nitrogen functional groups attached to an aromatic ring is 1. The van der Waals surface area contributed by atoms with E-state index in [1.807, 2.05) is 12.1 Å². The second-order valence-electron chi connectivity index (χ2n) is 6.43. The van der Waals surface area contributed by atoms with Crippen LogP contribution in [0.3, 0.4) is 0 Å². The molecule has 10 heteroatoms. The number of imidazole rings is 1. The summed E-state index contributed by atoms with van der Waals surface area (Å²) in [7, 11) is 0. The van der Waals surface area contributed by atoms with Crippen LogP contribution in [0, 0.1) is 0 Å². The minimum Gasteiger partial charge on any atom is -0.387 e. The number of anilines is 1. The smallest absolute Gasteiger partial charge is 0.223 e. The summed E-state index contributed by atoms with van der Waals surface area (Å²) in [5.74, 6) is -0.399. The molecule has 1 aliphatic heterocycles. The Balaban J connectivity index is 1.61. The molecule has 27 heavy (non-hydrogen) atoms. The number of nitrogens with zero attached hydrogens (tertiary/aromatic N) is 2. The van der Waals surface area contributed by atoms with Crippen LogP contribution in [0.25, 0.3) is 0 Å². The zero-order chi connectivity index (χ0) is 19.6. The molecule has 0 radical (unpaired) electrons. The molecule has 7 N–H and O–H groups in total. The first-order chi connectivity index (χ1) is 12.9.